The summed E-state index contributed by atoms with van der Waals surface area (Å²) in [6.45, 7) is 2.61. The van der Waals surface area contributed by atoms with E-state index in [-0.39, 0.29) is 24.0 Å². The smallest absolute Gasteiger partial charge is 0.235 e. The zero-order valence-electron chi connectivity index (χ0n) is 13.8. The van der Waals surface area contributed by atoms with Crippen molar-refractivity contribution >= 4 is 21.8 Å². The maximum atomic E-state index is 12.6. The average Bonchev–Trinajstić information content (AvgIpc) is 2.63. The summed E-state index contributed by atoms with van der Waals surface area (Å²) < 4.78 is 6.17. The second kappa shape index (κ2) is 8.47. The first-order valence-corrected chi connectivity index (χ1v) is 9.08. The molecular formula is C19H21BrN2O3. The van der Waals surface area contributed by atoms with Crippen molar-refractivity contribution in [2.24, 2.45) is 0 Å². The van der Waals surface area contributed by atoms with Crippen LogP contribution in [-0.4, -0.2) is 42.3 Å². The van der Waals surface area contributed by atoms with Crippen LogP contribution in [0.4, 0.5) is 0 Å². The Kier molecular flexibility index (Phi) is 6.07. The van der Waals surface area contributed by atoms with Crippen LogP contribution in [0.15, 0.2) is 53.0 Å². The molecule has 0 spiro atoms. The maximum Gasteiger partial charge on any atom is 0.235 e. The molecule has 25 heavy (non-hydrogen) atoms. The van der Waals surface area contributed by atoms with Gasteiger partial charge < -0.3 is 9.84 Å². The summed E-state index contributed by atoms with van der Waals surface area (Å²) in [6.07, 6.45) is 0.255. The highest BCUT2D eigenvalue weighted by Gasteiger charge is 2.23. The summed E-state index contributed by atoms with van der Waals surface area (Å²) in [5.41, 5.74) is 4.67. The van der Waals surface area contributed by atoms with Crippen molar-refractivity contribution in [2.45, 2.75) is 12.3 Å². The number of ether oxygens (including phenoxy) is 1. The molecule has 1 heterocycles. The molecule has 1 aliphatic heterocycles. The lowest BCUT2D eigenvalue weighted by atomic mass is 9.88. The summed E-state index contributed by atoms with van der Waals surface area (Å²) >= 11 is 3.45. The molecule has 0 saturated carbocycles. The van der Waals surface area contributed by atoms with Crippen LogP contribution in [0.2, 0.25) is 0 Å². The number of hydrogen-bond donors (Lipinski definition) is 2. The van der Waals surface area contributed by atoms with Crippen LogP contribution in [0.3, 0.4) is 0 Å². The van der Waals surface area contributed by atoms with E-state index in [1.165, 1.54) is 0 Å². The molecule has 1 amide bonds. The number of aromatic hydroxyl groups is 1. The Morgan fingerprint density at radius 1 is 1.20 bits per heavy atom. The molecule has 6 heteroatoms. The highest BCUT2D eigenvalue weighted by molar-refractivity contribution is 9.10. The Balaban J connectivity index is 1.81. The van der Waals surface area contributed by atoms with E-state index in [2.05, 4.69) is 21.4 Å². The second-order valence-corrected chi connectivity index (χ2v) is 6.92. The zero-order valence-corrected chi connectivity index (χ0v) is 15.4. The summed E-state index contributed by atoms with van der Waals surface area (Å²) in [5, 5.41) is 12.2. The van der Waals surface area contributed by atoms with Crippen molar-refractivity contribution in [3.63, 3.8) is 0 Å². The van der Waals surface area contributed by atoms with Gasteiger partial charge in [-0.1, -0.05) is 46.3 Å². The van der Waals surface area contributed by atoms with Crippen molar-refractivity contribution in [1.82, 2.24) is 10.4 Å². The fraction of sp³-hybridized carbons (Fsp3) is 0.316. The van der Waals surface area contributed by atoms with Crippen LogP contribution in [0, 0.1) is 0 Å². The van der Waals surface area contributed by atoms with Crippen LogP contribution in [-0.2, 0) is 9.53 Å². The van der Waals surface area contributed by atoms with Gasteiger partial charge >= 0.3 is 0 Å². The third-order valence-corrected chi connectivity index (χ3v) is 4.74. The number of nitrogens with zero attached hydrogens (tertiary/aromatic N) is 1. The van der Waals surface area contributed by atoms with E-state index in [1.54, 1.807) is 12.1 Å². The van der Waals surface area contributed by atoms with Crippen molar-refractivity contribution in [3.8, 4) is 5.75 Å². The van der Waals surface area contributed by atoms with Crippen molar-refractivity contribution in [3.05, 3.63) is 64.1 Å². The van der Waals surface area contributed by atoms with E-state index in [0.717, 1.165) is 15.6 Å². The van der Waals surface area contributed by atoms with E-state index < -0.39 is 0 Å². The highest BCUT2D eigenvalue weighted by Crippen LogP contribution is 2.35. The minimum Gasteiger partial charge on any atom is -0.508 e. The predicted molar refractivity (Wildman–Crippen MR) is 99.2 cm³/mol. The number of carbonyl (C=O) groups excluding carboxylic acids is 1. The summed E-state index contributed by atoms with van der Waals surface area (Å²) in [7, 11) is 0. The third-order valence-electron chi connectivity index (χ3n) is 4.25. The molecule has 0 bridgehead atoms. The SMILES string of the molecule is O=C(CC(c1ccccc1)c1cc(Br)ccc1O)NN1CCOCC1. The Labute approximate surface area is 155 Å². The number of phenolic OH excluding ortho intramolecular Hbond substituents is 1. The van der Waals surface area contributed by atoms with E-state index in [9.17, 15) is 9.90 Å². The number of carbonyl (C=O) groups is 1. The van der Waals surface area contributed by atoms with E-state index in [4.69, 9.17) is 4.74 Å². The molecule has 3 rings (SSSR count). The van der Waals surface area contributed by atoms with Crippen LogP contribution in [0.25, 0.3) is 0 Å². The number of phenols is 1. The summed E-state index contributed by atoms with van der Waals surface area (Å²) in [5.74, 6) is -0.105. The van der Waals surface area contributed by atoms with Crippen molar-refractivity contribution in [2.75, 3.05) is 26.3 Å². The lowest BCUT2D eigenvalue weighted by molar-refractivity contribution is -0.128. The molecule has 2 N–H and O–H groups in total. The van der Waals surface area contributed by atoms with Gasteiger partial charge in [0, 0.05) is 35.5 Å². The minimum atomic E-state index is -0.222. The number of morpholine rings is 1. The molecule has 1 unspecified atom stereocenters. The second-order valence-electron chi connectivity index (χ2n) is 6.00. The quantitative estimate of drug-likeness (QED) is 0.803. The van der Waals surface area contributed by atoms with E-state index in [0.29, 0.717) is 26.3 Å². The molecule has 1 aliphatic rings. The largest absolute Gasteiger partial charge is 0.508 e. The van der Waals surface area contributed by atoms with Gasteiger partial charge in [0.05, 0.1) is 13.2 Å². The standard InChI is InChI=1S/C19H21BrN2O3/c20-15-6-7-18(23)17(12-15)16(14-4-2-1-3-5-14)13-19(24)21-22-8-10-25-11-9-22/h1-7,12,16,23H,8-11,13H2,(H,21,24). The summed E-state index contributed by atoms with van der Waals surface area (Å²) in [6, 6.07) is 15.1. The van der Waals surface area contributed by atoms with Crippen molar-refractivity contribution in [1.29, 1.82) is 0 Å². The van der Waals surface area contributed by atoms with Gasteiger partial charge in [0.1, 0.15) is 5.75 Å². The predicted octanol–water partition coefficient (Wildman–Crippen LogP) is 3.04. The molecule has 0 aliphatic carbocycles. The van der Waals surface area contributed by atoms with E-state index in [1.807, 2.05) is 41.4 Å². The first-order chi connectivity index (χ1) is 12.1. The van der Waals surface area contributed by atoms with Crippen LogP contribution < -0.4 is 5.43 Å². The molecule has 132 valence electrons. The first kappa shape index (κ1) is 17.9. The molecule has 0 radical (unpaired) electrons. The monoisotopic (exact) mass is 404 g/mol. The Bertz CT molecular complexity index is 718. The number of rotatable bonds is 5. The van der Waals surface area contributed by atoms with Gasteiger partial charge in [-0.2, -0.15) is 0 Å². The maximum absolute atomic E-state index is 12.6. The van der Waals surface area contributed by atoms with Gasteiger partial charge in [0.2, 0.25) is 5.91 Å². The molecule has 1 atom stereocenters. The third kappa shape index (κ3) is 4.81. The molecule has 1 fully saturated rings. The number of hydrogen-bond acceptors (Lipinski definition) is 4. The molecule has 0 aromatic heterocycles. The molecule has 5 nitrogen and oxygen atoms in total. The highest BCUT2D eigenvalue weighted by atomic mass is 79.9. The van der Waals surface area contributed by atoms with Crippen LogP contribution >= 0.6 is 15.9 Å². The van der Waals surface area contributed by atoms with Gasteiger partial charge in [0.15, 0.2) is 0 Å². The lowest BCUT2D eigenvalue weighted by Gasteiger charge is -2.28. The number of amides is 1. The van der Waals surface area contributed by atoms with Gasteiger partial charge in [-0.05, 0) is 23.8 Å². The van der Waals surface area contributed by atoms with Crippen LogP contribution in [0.5, 0.6) is 5.75 Å². The average molecular weight is 405 g/mol. The van der Waals surface area contributed by atoms with Crippen LogP contribution in [0.1, 0.15) is 23.5 Å². The van der Waals surface area contributed by atoms with Gasteiger partial charge in [-0.25, -0.2) is 5.01 Å². The summed E-state index contributed by atoms with van der Waals surface area (Å²) in [4.78, 5) is 12.6. The van der Waals surface area contributed by atoms with Gasteiger partial charge in [-0.3, -0.25) is 10.2 Å². The number of hydrazine groups is 1. The van der Waals surface area contributed by atoms with E-state index >= 15 is 0 Å². The first-order valence-electron chi connectivity index (χ1n) is 8.29. The zero-order chi connectivity index (χ0) is 17.6. The number of nitrogens with one attached hydrogen (secondary N) is 1. The normalized spacial score (nSPS) is 16.4. The lowest BCUT2D eigenvalue weighted by Crippen LogP contribution is -2.48. The Morgan fingerprint density at radius 2 is 1.92 bits per heavy atom. The molecule has 1 saturated heterocycles. The minimum absolute atomic E-state index is 0.0740. The number of benzene rings is 2. The molecular weight excluding hydrogens is 384 g/mol. The molecule has 2 aromatic rings. The topological polar surface area (TPSA) is 61.8 Å². The Morgan fingerprint density at radius 3 is 2.64 bits per heavy atom. The van der Waals surface area contributed by atoms with Crippen molar-refractivity contribution < 1.29 is 14.6 Å². The van der Waals surface area contributed by atoms with Gasteiger partial charge in [0.25, 0.3) is 0 Å². The molecule has 2 aromatic carbocycles. The fourth-order valence-corrected chi connectivity index (χ4v) is 3.36. The fourth-order valence-electron chi connectivity index (χ4n) is 2.98. The van der Waals surface area contributed by atoms with Gasteiger partial charge in [-0.15, -0.1) is 0 Å². The number of halogens is 1. The Hall–Kier alpha value is -1.89.